The fourth-order valence-corrected chi connectivity index (χ4v) is 6.94. The predicted molar refractivity (Wildman–Crippen MR) is 121 cm³/mol. The molecule has 4 nitrogen and oxygen atoms in total. The summed E-state index contributed by atoms with van der Waals surface area (Å²) in [4.78, 5) is 2.50. The molecule has 0 spiro atoms. The van der Waals surface area contributed by atoms with E-state index in [1.54, 1.807) is 6.07 Å². The third-order valence-corrected chi connectivity index (χ3v) is 9.64. The summed E-state index contributed by atoms with van der Waals surface area (Å²) in [5.74, 6) is 0.502. The number of halogens is 1. The summed E-state index contributed by atoms with van der Waals surface area (Å²) in [6.45, 7) is 3.35. The molecule has 2 aromatic rings. The van der Waals surface area contributed by atoms with Crippen molar-refractivity contribution in [3.63, 3.8) is 0 Å². The molecule has 6 heteroatoms. The van der Waals surface area contributed by atoms with Gasteiger partial charge in [0.15, 0.2) is 0 Å². The van der Waals surface area contributed by atoms with Gasteiger partial charge in [-0.3, -0.25) is 0 Å². The molecule has 2 aromatic carbocycles. The highest BCUT2D eigenvalue weighted by atomic mass is 32.2. The Hall–Kier alpha value is -1.76. The second-order valence-electron chi connectivity index (χ2n) is 9.82. The van der Waals surface area contributed by atoms with Crippen LogP contribution in [-0.2, 0) is 29.3 Å². The number of nitrogens with two attached hydrogens (primary N) is 1. The van der Waals surface area contributed by atoms with Crippen molar-refractivity contribution in [3.05, 3.63) is 70.5 Å². The molecule has 166 valence electrons. The first-order chi connectivity index (χ1) is 14.8. The van der Waals surface area contributed by atoms with Crippen LogP contribution in [0.2, 0.25) is 0 Å². The highest BCUT2D eigenvalue weighted by Gasteiger charge is 2.47. The lowest BCUT2D eigenvalue weighted by molar-refractivity contribution is 0.145. The van der Waals surface area contributed by atoms with Gasteiger partial charge in [-0.1, -0.05) is 42.8 Å². The van der Waals surface area contributed by atoms with Gasteiger partial charge in [0.25, 0.3) is 0 Å². The van der Waals surface area contributed by atoms with E-state index >= 15 is 4.39 Å². The van der Waals surface area contributed by atoms with Crippen LogP contribution in [0.4, 0.5) is 4.39 Å². The zero-order valence-electron chi connectivity index (χ0n) is 17.9. The molecular weight excluding hydrogens is 411 g/mol. The fourth-order valence-electron chi connectivity index (χ4n) is 5.73. The van der Waals surface area contributed by atoms with Crippen molar-refractivity contribution in [1.82, 2.24) is 4.90 Å². The lowest BCUT2D eigenvalue weighted by Crippen LogP contribution is -2.50. The molecule has 31 heavy (non-hydrogen) atoms. The third kappa shape index (κ3) is 3.94. The van der Waals surface area contributed by atoms with Gasteiger partial charge >= 0.3 is 0 Å². The van der Waals surface area contributed by atoms with Crippen LogP contribution in [0.15, 0.2) is 42.5 Å². The van der Waals surface area contributed by atoms with Gasteiger partial charge in [-0.2, -0.15) is 0 Å². The maximum absolute atomic E-state index is 15.1. The maximum atomic E-state index is 15.1. The standard InChI is InChI=1S/C25H31FN2O2S/c26-24-15-19-13-21(17-28-10-5-11-28)22(12-18-6-2-1-3-7-18)23(19)14-20(24)16-25(8-4-9-25)31(27,29)30/h1-3,6-7,14-15,21-22H,4-5,8-13,16-17H2,(H2,27,29,30). The first-order valence-electron chi connectivity index (χ1n) is 11.4. The van der Waals surface area contributed by atoms with Crippen molar-refractivity contribution >= 4 is 10.0 Å². The monoisotopic (exact) mass is 442 g/mol. The van der Waals surface area contributed by atoms with Gasteiger partial charge < -0.3 is 4.90 Å². The molecule has 2 aliphatic carbocycles. The van der Waals surface area contributed by atoms with Crippen LogP contribution in [0.1, 0.15) is 53.9 Å². The summed E-state index contributed by atoms with van der Waals surface area (Å²) in [6.07, 6.45) is 5.13. The fraction of sp³-hybridized carbons (Fsp3) is 0.520. The summed E-state index contributed by atoms with van der Waals surface area (Å²) in [7, 11) is -3.71. The van der Waals surface area contributed by atoms with Gasteiger partial charge in [0.2, 0.25) is 10.0 Å². The summed E-state index contributed by atoms with van der Waals surface area (Å²) in [6, 6.07) is 14.1. The van der Waals surface area contributed by atoms with Crippen LogP contribution >= 0.6 is 0 Å². The molecule has 0 bridgehead atoms. The zero-order chi connectivity index (χ0) is 21.6. The van der Waals surface area contributed by atoms with E-state index in [0.717, 1.165) is 44.5 Å². The summed E-state index contributed by atoms with van der Waals surface area (Å²) < 4.78 is 38.6. The molecule has 2 N–H and O–H groups in total. The van der Waals surface area contributed by atoms with Crippen LogP contribution in [0, 0.1) is 11.7 Å². The van der Waals surface area contributed by atoms with Crippen LogP contribution < -0.4 is 5.14 Å². The molecule has 3 aliphatic rings. The van der Waals surface area contributed by atoms with E-state index in [2.05, 4.69) is 29.2 Å². The van der Waals surface area contributed by atoms with Gasteiger partial charge in [0, 0.05) is 6.54 Å². The minimum absolute atomic E-state index is 0.180. The van der Waals surface area contributed by atoms with Crippen molar-refractivity contribution in [2.75, 3.05) is 19.6 Å². The lowest BCUT2D eigenvalue weighted by Gasteiger charge is -2.39. The quantitative estimate of drug-likeness (QED) is 0.710. The molecule has 2 unspecified atom stereocenters. The van der Waals surface area contributed by atoms with E-state index in [0.29, 0.717) is 30.2 Å². The average molecular weight is 443 g/mol. The number of likely N-dealkylation sites (tertiary alicyclic amines) is 1. The molecule has 1 saturated carbocycles. The number of hydrogen-bond acceptors (Lipinski definition) is 3. The van der Waals surface area contributed by atoms with E-state index in [4.69, 9.17) is 5.14 Å². The molecule has 0 radical (unpaired) electrons. The topological polar surface area (TPSA) is 63.4 Å². The van der Waals surface area contributed by atoms with E-state index in [-0.39, 0.29) is 12.2 Å². The lowest BCUT2D eigenvalue weighted by atomic mass is 9.78. The number of sulfonamides is 1. The van der Waals surface area contributed by atoms with Crippen molar-refractivity contribution in [2.24, 2.45) is 11.1 Å². The summed E-state index contributed by atoms with van der Waals surface area (Å²) in [5, 5.41) is 5.56. The molecule has 1 aliphatic heterocycles. The number of primary sulfonamides is 1. The van der Waals surface area contributed by atoms with Crippen molar-refractivity contribution in [3.8, 4) is 0 Å². The summed E-state index contributed by atoms with van der Waals surface area (Å²) >= 11 is 0. The molecule has 2 atom stereocenters. The minimum atomic E-state index is -3.71. The normalized spacial score (nSPS) is 25.0. The van der Waals surface area contributed by atoms with Crippen LogP contribution in [0.3, 0.4) is 0 Å². The number of hydrogen-bond donors (Lipinski definition) is 1. The van der Waals surface area contributed by atoms with E-state index in [9.17, 15) is 8.42 Å². The van der Waals surface area contributed by atoms with Crippen LogP contribution in [0.25, 0.3) is 0 Å². The van der Waals surface area contributed by atoms with Gasteiger partial charge in [0.05, 0.1) is 4.75 Å². The molecule has 0 amide bonds. The molecule has 1 heterocycles. The highest BCUT2D eigenvalue weighted by molar-refractivity contribution is 7.90. The van der Waals surface area contributed by atoms with Crippen LogP contribution in [0.5, 0.6) is 0 Å². The van der Waals surface area contributed by atoms with Gasteiger partial charge in [-0.15, -0.1) is 0 Å². The Morgan fingerprint density at radius 3 is 2.42 bits per heavy atom. The van der Waals surface area contributed by atoms with E-state index in [1.807, 2.05) is 12.1 Å². The van der Waals surface area contributed by atoms with E-state index in [1.165, 1.54) is 17.5 Å². The minimum Gasteiger partial charge on any atom is -0.303 e. The van der Waals surface area contributed by atoms with Crippen molar-refractivity contribution < 1.29 is 12.8 Å². The Bertz CT molecular complexity index is 1060. The van der Waals surface area contributed by atoms with Crippen molar-refractivity contribution in [1.29, 1.82) is 0 Å². The molecule has 1 saturated heterocycles. The first kappa shape index (κ1) is 21.1. The summed E-state index contributed by atoms with van der Waals surface area (Å²) in [5.41, 5.74) is 4.09. The second-order valence-corrected chi connectivity index (χ2v) is 11.8. The number of benzene rings is 2. The Morgan fingerprint density at radius 2 is 1.84 bits per heavy atom. The zero-order valence-corrected chi connectivity index (χ0v) is 18.7. The Balaban J connectivity index is 1.47. The Labute approximate surface area is 184 Å². The van der Waals surface area contributed by atoms with Gasteiger partial charge in [-0.05, 0) is 91.8 Å². The first-order valence-corrected chi connectivity index (χ1v) is 13.0. The largest absolute Gasteiger partial charge is 0.303 e. The number of nitrogens with zero attached hydrogens (tertiary/aromatic N) is 1. The maximum Gasteiger partial charge on any atom is 0.215 e. The molecule has 2 fully saturated rings. The van der Waals surface area contributed by atoms with Gasteiger partial charge in [0.1, 0.15) is 5.82 Å². The van der Waals surface area contributed by atoms with Gasteiger partial charge in [-0.25, -0.2) is 17.9 Å². The average Bonchev–Trinajstić information content (AvgIpc) is 2.97. The molecule has 5 rings (SSSR count). The Kier molecular flexibility index (Phi) is 5.43. The van der Waals surface area contributed by atoms with Crippen LogP contribution in [-0.4, -0.2) is 37.7 Å². The highest BCUT2D eigenvalue weighted by Crippen LogP contribution is 2.45. The molecular formula is C25H31FN2O2S. The third-order valence-electron chi connectivity index (χ3n) is 7.88. The van der Waals surface area contributed by atoms with Crippen molar-refractivity contribution in [2.45, 2.75) is 55.6 Å². The SMILES string of the molecule is NS(=O)(=O)C1(Cc2cc3c(cc2F)CC(CN2CCC2)C3Cc2ccccc2)CCC1. The second kappa shape index (κ2) is 7.98. The predicted octanol–water partition coefficient (Wildman–Crippen LogP) is 3.78. The number of rotatable bonds is 7. The molecule has 0 aromatic heterocycles. The van der Waals surface area contributed by atoms with E-state index < -0.39 is 14.8 Å². The Morgan fingerprint density at radius 1 is 1.10 bits per heavy atom. The smallest absolute Gasteiger partial charge is 0.215 e. The number of fused-ring (bicyclic) bond motifs is 1.